The average molecular weight is 227 g/mol. The molecule has 0 saturated heterocycles. The van der Waals surface area contributed by atoms with Gasteiger partial charge in [-0.3, -0.25) is 0 Å². The van der Waals surface area contributed by atoms with Crippen LogP contribution >= 0.6 is 0 Å². The molecule has 5 nitrogen and oxygen atoms in total. The van der Waals surface area contributed by atoms with E-state index >= 15 is 0 Å². The predicted molar refractivity (Wildman–Crippen MR) is 58.0 cm³/mol. The van der Waals surface area contributed by atoms with Crippen LogP contribution in [0.2, 0.25) is 0 Å². The first-order valence-corrected chi connectivity index (χ1v) is 5.17. The zero-order valence-corrected chi connectivity index (χ0v) is 9.38. The molecule has 1 heterocycles. The second-order valence-electron chi connectivity index (χ2n) is 4.09. The van der Waals surface area contributed by atoms with Crippen molar-refractivity contribution < 1.29 is 19.4 Å². The van der Waals surface area contributed by atoms with E-state index in [0.29, 0.717) is 0 Å². The molecular formula is C11H17NO4. The van der Waals surface area contributed by atoms with Gasteiger partial charge in [0.1, 0.15) is 17.4 Å². The van der Waals surface area contributed by atoms with E-state index in [-0.39, 0.29) is 29.7 Å². The molecule has 16 heavy (non-hydrogen) atoms. The number of nitrogens with two attached hydrogens (primary N) is 1. The number of aliphatic hydroxyl groups is 1. The fourth-order valence-corrected chi connectivity index (χ4v) is 1.69. The van der Waals surface area contributed by atoms with Crippen molar-refractivity contribution in [2.45, 2.75) is 20.0 Å². The Morgan fingerprint density at radius 3 is 2.62 bits per heavy atom. The molecule has 0 aliphatic heterocycles. The van der Waals surface area contributed by atoms with Crippen molar-refractivity contribution in [3.63, 3.8) is 0 Å². The van der Waals surface area contributed by atoms with Gasteiger partial charge in [-0.2, -0.15) is 0 Å². The van der Waals surface area contributed by atoms with Crippen LogP contribution in [-0.2, 0) is 0 Å². The highest BCUT2D eigenvalue weighted by molar-refractivity contribution is 5.88. The lowest BCUT2D eigenvalue weighted by Gasteiger charge is -2.23. The van der Waals surface area contributed by atoms with Crippen LogP contribution in [0.5, 0.6) is 0 Å². The summed E-state index contributed by atoms with van der Waals surface area (Å²) in [6.45, 7) is 4.12. The van der Waals surface area contributed by atoms with Gasteiger partial charge in [0.05, 0.1) is 6.26 Å². The van der Waals surface area contributed by atoms with E-state index < -0.39 is 12.1 Å². The van der Waals surface area contributed by atoms with Gasteiger partial charge in [0.2, 0.25) is 0 Å². The minimum absolute atomic E-state index is 0.00778. The first-order valence-electron chi connectivity index (χ1n) is 5.17. The van der Waals surface area contributed by atoms with E-state index in [4.69, 9.17) is 15.3 Å². The van der Waals surface area contributed by atoms with E-state index in [1.807, 2.05) is 13.8 Å². The number of rotatable bonds is 5. The summed E-state index contributed by atoms with van der Waals surface area (Å²) >= 11 is 0. The Bertz CT molecular complexity index is 359. The Hall–Kier alpha value is -1.33. The Labute approximate surface area is 93.9 Å². The molecule has 0 fully saturated rings. The summed E-state index contributed by atoms with van der Waals surface area (Å²) in [4.78, 5) is 10.9. The minimum Gasteiger partial charge on any atom is -0.478 e. The summed E-state index contributed by atoms with van der Waals surface area (Å²) in [5.74, 6) is -1.10. The Morgan fingerprint density at radius 2 is 2.19 bits per heavy atom. The van der Waals surface area contributed by atoms with E-state index in [0.717, 1.165) is 0 Å². The third-order valence-electron chi connectivity index (χ3n) is 2.73. The zero-order valence-electron chi connectivity index (χ0n) is 9.38. The maximum atomic E-state index is 10.9. The van der Waals surface area contributed by atoms with Crippen molar-refractivity contribution in [2.24, 2.45) is 17.6 Å². The van der Waals surface area contributed by atoms with Crippen molar-refractivity contribution >= 4 is 5.97 Å². The summed E-state index contributed by atoms with van der Waals surface area (Å²) in [6, 6.07) is 1.33. The maximum absolute atomic E-state index is 10.9. The van der Waals surface area contributed by atoms with E-state index in [2.05, 4.69) is 0 Å². The molecule has 0 bridgehead atoms. The first-order chi connectivity index (χ1) is 7.49. The summed E-state index contributed by atoms with van der Waals surface area (Å²) in [6.07, 6.45) is 0.279. The monoisotopic (exact) mass is 227 g/mol. The third-order valence-corrected chi connectivity index (χ3v) is 2.73. The lowest BCUT2D eigenvalue weighted by atomic mass is 9.88. The molecule has 0 radical (unpaired) electrons. The van der Waals surface area contributed by atoms with Crippen molar-refractivity contribution in [1.29, 1.82) is 0 Å². The molecule has 0 spiro atoms. The molecular weight excluding hydrogens is 210 g/mol. The fourth-order valence-electron chi connectivity index (χ4n) is 1.69. The molecule has 0 aliphatic rings. The number of aliphatic hydroxyl groups excluding tert-OH is 1. The zero-order chi connectivity index (χ0) is 12.3. The van der Waals surface area contributed by atoms with Gasteiger partial charge in [0.25, 0.3) is 0 Å². The van der Waals surface area contributed by atoms with Gasteiger partial charge in [0.15, 0.2) is 0 Å². The average Bonchev–Trinajstić information content (AvgIpc) is 2.65. The topological polar surface area (TPSA) is 96.7 Å². The molecule has 0 amide bonds. The van der Waals surface area contributed by atoms with E-state index in [1.165, 1.54) is 12.3 Å². The molecule has 0 saturated carbocycles. The van der Waals surface area contributed by atoms with Gasteiger partial charge >= 0.3 is 5.97 Å². The molecule has 4 N–H and O–H groups in total. The van der Waals surface area contributed by atoms with E-state index in [1.54, 1.807) is 0 Å². The number of carboxylic acids is 1. The van der Waals surface area contributed by atoms with Crippen LogP contribution in [0, 0.1) is 11.8 Å². The summed E-state index contributed by atoms with van der Waals surface area (Å²) < 4.78 is 5.03. The molecule has 1 aromatic rings. The van der Waals surface area contributed by atoms with Gasteiger partial charge in [-0.1, -0.05) is 13.8 Å². The van der Waals surface area contributed by atoms with Crippen LogP contribution in [0.25, 0.3) is 0 Å². The minimum atomic E-state index is -1.11. The van der Waals surface area contributed by atoms with Gasteiger partial charge < -0.3 is 20.4 Å². The van der Waals surface area contributed by atoms with Crippen LogP contribution in [-0.4, -0.2) is 22.7 Å². The first kappa shape index (κ1) is 12.7. The Balaban J connectivity index is 2.98. The van der Waals surface area contributed by atoms with Crippen LogP contribution in [0.15, 0.2) is 16.7 Å². The van der Waals surface area contributed by atoms with Crippen molar-refractivity contribution in [3.8, 4) is 0 Å². The van der Waals surface area contributed by atoms with Crippen LogP contribution in [0.4, 0.5) is 0 Å². The lowest BCUT2D eigenvalue weighted by Crippen LogP contribution is -2.27. The van der Waals surface area contributed by atoms with Gasteiger partial charge in [0, 0.05) is 5.92 Å². The van der Waals surface area contributed by atoms with Crippen molar-refractivity contribution in [3.05, 3.63) is 23.7 Å². The van der Waals surface area contributed by atoms with Gasteiger partial charge in [-0.25, -0.2) is 4.79 Å². The second-order valence-corrected chi connectivity index (χ2v) is 4.09. The maximum Gasteiger partial charge on any atom is 0.339 e. The quantitative estimate of drug-likeness (QED) is 0.703. The fraction of sp³-hybridized carbons (Fsp3) is 0.545. The summed E-state index contributed by atoms with van der Waals surface area (Å²) in [5.41, 5.74) is 5.55. The molecule has 2 atom stereocenters. The van der Waals surface area contributed by atoms with Crippen LogP contribution < -0.4 is 5.73 Å². The largest absolute Gasteiger partial charge is 0.478 e. The molecule has 90 valence electrons. The second kappa shape index (κ2) is 5.14. The number of carboxylic acid groups (broad SMARTS) is 1. The van der Waals surface area contributed by atoms with Gasteiger partial charge in [-0.05, 0) is 18.5 Å². The lowest BCUT2D eigenvalue weighted by molar-refractivity contribution is 0.0577. The number of hydrogen-bond donors (Lipinski definition) is 3. The molecule has 5 heteroatoms. The number of hydrogen-bond acceptors (Lipinski definition) is 4. The van der Waals surface area contributed by atoms with E-state index in [9.17, 15) is 9.90 Å². The van der Waals surface area contributed by atoms with Crippen molar-refractivity contribution in [1.82, 2.24) is 0 Å². The highest BCUT2D eigenvalue weighted by Gasteiger charge is 2.29. The highest BCUT2D eigenvalue weighted by Crippen LogP contribution is 2.30. The third kappa shape index (κ3) is 2.43. The standard InChI is InChI=1S/C11H17NO4/c1-6(2)8(5-12)9(13)10-7(11(14)15)3-4-16-10/h3-4,6,8-9,13H,5,12H2,1-2H3,(H,14,15). The Morgan fingerprint density at radius 1 is 1.56 bits per heavy atom. The normalized spacial score (nSPS) is 15.1. The molecule has 1 aromatic heterocycles. The summed E-state index contributed by atoms with van der Waals surface area (Å²) in [5, 5.41) is 18.9. The molecule has 1 rings (SSSR count). The highest BCUT2D eigenvalue weighted by atomic mass is 16.4. The van der Waals surface area contributed by atoms with Crippen LogP contribution in [0.3, 0.4) is 0 Å². The molecule has 0 aromatic carbocycles. The Kier molecular flexibility index (Phi) is 4.09. The van der Waals surface area contributed by atoms with Crippen LogP contribution in [0.1, 0.15) is 36.1 Å². The molecule has 0 aliphatic carbocycles. The molecule has 2 unspecified atom stereocenters. The SMILES string of the molecule is CC(C)C(CN)C(O)c1occc1C(=O)O. The number of furan rings is 1. The summed E-state index contributed by atoms with van der Waals surface area (Å²) in [7, 11) is 0. The number of carbonyl (C=O) groups is 1. The number of aromatic carboxylic acids is 1. The smallest absolute Gasteiger partial charge is 0.339 e. The van der Waals surface area contributed by atoms with Gasteiger partial charge in [-0.15, -0.1) is 0 Å². The predicted octanol–water partition coefficient (Wildman–Crippen LogP) is 1.24. The van der Waals surface area contributed by atoms with Crippen molar-refractivity contribution in [2.75, 3.05) is 6.54 Å².